The molecule has 2 aromatic rings. The van der Waals surface area contributed by atoms with Crippen LogP contribution in [0.25, 0.3) is 0 Å². The number of nitrogens with one attached hydrogen (secondary N) is 1. The number of halogens is 3. The van der Waals surface area contributed by atoms with E-state index in [-0.39, 0.29) is 11.6 Å². The minimum absolute atomic E-state index is 0.00373. The van der Waals surface area contributed by atoms with Gasteiger partial charge in [-0.05, 0) is 48.7 Å². The maximum absolute atomic E-state index is 12.7. The van der Waals surface area contributed by atoms with E-state index in [1.54, 1.807) is 0 Å². The highest BCUT2D eigenvalue weighted by molar-refractivity contribution is 5.94. The van der Waals surface area contributed by atoms with Gasteiger partial charge in [-0.3, -0.25) is 4.79 Å². The number of carbonyl (C=O) groups excluding carboxylic acids is 1. The van der Waals surface area contributed by atoms with E-state index in [1.165, 1.54) is 12.1 Å². The standard InChI is InChI=1S/C19H18F3NO2/c1-12(9-13-5-6-17-14(10-13)7-8-25-17)23-18(24)15-3-2-4-16(11-15)19(20,21)22/h2-6,10-12H,7-9H2,1H3,(H,23,24). The highest BCUT2D eigenvalue weighted by Crippen LogP contribution is 2.29. The van der Waals surface area contributed by atoms with E-state index >= 15 is 0 Å². The van der Waals surface area contributed by atoms with Gasteiger partial charge in [0.25, 0.3) is 5.91 Å². The van der Waals surface area contributed by atoms with Crippen LogP contribution in [0.5, 0.6) is 5.75 Å². The van der Waals surface area contributed by atoms with Gasteiger partial charge in [0.1, 0.15) is 5.75 Å². The minimum Gasteiger partial charge on any atom is -0.493 e. The van der Waals surface area contributed by atoms with Crippen molar-refractivity contribution in [3.63, 3.8) is 0 Å². The summed E-state index contributed by atoms with van der Waals surface area (Å²) in [4.78, 5) is 12.2. The summed E-state index contributed by atoms with van der Waals surface area (Å²) in [5.41, 5.74) is 1.38. The van der Waals surface area contributed by atoms with Gasteiger partial charge < -0.3 is 10.1 Å². The molecule has 0 aromatic heterocycles. The van der Waals surface area contributed by atoms with Gasteiger partial charge in [-0.2, -0.15) is 13.2 Å². The number of ether oxygens (including phenoxy) is 1. The van der Waals surface area contributed by atoms with Crippen LogP contribution in [-0.2, 0) is 19.0 Å². The van der Waals surface area contributed by atoms with Crippen molar-refractivity contribution in [2.45, 2.75) is 32.0 Å². The van der Waals surface area contributed by atoms with E-state index in [1.807, 2.05) is 19.1 Å². The third-order valence-electron chi connectivity index (χ3n) is 4.13. The van der Waals surface area contributed by atoms with Crippen LogP contribution in [-0.4, -0.2) is 18.6 Å². The van der Waals surface area contributed by atoms with Gasteiger partial charge in [0.2, 0.25) is 0 Å². The average Bonchev–Trinajstić information content (AvgIpc) is 3.01. The van der Waals surface area contributed by atoms with Crippen molar-refractivity contribution in [3.8, 4) is 5.75 Å². The first kappa shape index (κ1) is 17.3. The zero-order valence-corrected chi connectivity index (χ0v) is 13.7. The summed E-state index contributed by atoms with van der Waals surface area (Å²) in [5.74, 6) is 0.382. The first-order chi connectivity index (χ1) is 11.8. The Hall–Kier alpha value is -2.50. The number of amides is 1. The fourth-order valence-corrected chi connectivity index (χ4v) is 2.92. The second kappa shape index (κ2) is 6.78. The van der Waals surface area contributed by atoms with Gasteiger partial charge in [-0.25, -0.2) is 0 Å². The molecule has 1 N–H and O–H groups in total. The minimum atomic E-state index is -4.46. The Morgan fingerprint density at radius 2 is 2.04 bits per heavy atom. The molecule has 1 amide bonds. The normalized spacial score (nSPS) is 14.6. The van der Waals surface area contributed by atoms with Crippen LogP contribution in [0.4, 0.5) is 13.2 Å². The second-order valence-corrected chi connectivity index (χ2v) is 6.20. The molecular weight excluding hydrogens is 331 g/mol. The molecule has 3 rings (SSSR count). The Labute approximate surface area is 143 Å². The molecule has 0 bridgehead atoms. The van der Waals surface area contributed by atoms with Gasteiger partial charge in [0.05, 0.1) is 12.2 Å². The van der Waals surface area contributed by atoms with Crippen molar-refractivity contribution in [1.29, 1.82) is 0 Å². The molecule has 25 heavy (non-hydrogen) atoms. The summed E-state index contributed by atoms with van der Waals surface area (Å²) >= 11 is 0. The van der Waals surface area contributed by atoms with Crippen molar-refractivity contribution < 1.29 is 22.7 Å². The molecule has 1 aliphatic rings. The maximum Gasteiger partial charge on any atom is 0.416 e. The van der Waals surface area contributed by atoms with Crippen molar-refractivity contribution in [2.24, 2.45) is 0 Å². The van der Waals surface area contributed by atoms with Crippen LogP contribution in [0.1, 0.15) is 34.0 Å². The van der Waals surface area contributed by atoms with Crippen molar-refractivity contribution in [3.05, 3.63) is 64.7 Å². The Balaban J connectivity index is 1.65. The summed E-state index contributed by atoms with van der Waals surface area (Å²) in [6, 6.07) is 10.1. The number of fused-ring (bicyclic) bond motifs is 1. The molecule has 0 saturated heterocycles. The SMILES string of the molecule is CC(Cc1ccc2c(c1)CCO2)NC(=O)c1cccc(C(F)(F)F)c1. The molecule has 0 spiro atoms. The predicted octanol–water partition coefficient (Wildman–Crippen LogP) is 4.00. The largest absolute Gasteiger partial charge is 0.493 e. The first-order valence-electron chi connectivity index (χ1n) is 8.05. The Bertz CT molecular complexity index is 786. The number of hydrogen-bond donors (Lipinski definition) is 1. The lowest BCUT2D eigenvalue weighted by Gasteiger charge is -2.15. The highest BCUT2D eigenvalue weighted by atomic mass is 19.4. The molecule has 2 aromatic carbocycles. The smallest absolute Gasteiger partial charge is 0.416 e. The third-order valence-corrected chi connectivity index (χ3v) is 4.13. The van der Waals surface area contributed by atoms with Crippen LogP contribution < -0.4 is 10.1 Å². The van der Waals surface area contributed by atoms with Crippen molar-refractivity contribution in [1.82, 2.24) is 5.32 Å². The van der Waals surface area contributed by atoms with Crippen molar-refractivity contribution in [2.75, 3.05) is 6.61 Å². The summed E-state index contributed by atoms with van der Waals surface area (Å²) in [5, 5.41) is 2.75. The number of carbonyl (C=O) groups is 1. The number of rotatable bonds is 4. The summed E-state index contributed by atoms with van der Waals surface area (Å²) in [7, 11) is 0. The first-order valence-corrected chi connectivity index (χ1v) is 8.05. The average molecular weight is 349 g/mol. The monoisotopic (exact) mass is 349 g/mol. The molecule has 0 fully saturated rings. The molecule has 1 unspecified atom stereocenters. The van der Waals surface area contributed by atoms with Crippen LogP contribution in [0.3, 0.4) is 0 Å². The van der Waals surface area contributed by atoms with E-state index < -0.39 is 17.6 Å². The summed E-state index contributed by atoms with van der Waals surface area (Å²) < 4.78 is 43.7. The fourth-order valence-electron chi connectivity index (χ4n) is 2.92. The van der Waals surface area contributed by atoms with Crippen LogP contribution in [0.15, 0.2) is 42.5 Å². The molecule has 0 radical (unpaired) electrons. The third kappa shape index (κ3) is 4.13. The van der Waals surface area contributed by atoms with E-state index in [0.717, 1.165) is 35.4 Å². The van der Waals surface area contributed by atoms with Gasteiger partial charge in [-0.1, -0.05) is 18.2 Å². The highest BCUT2D eigenvalue weighted by Gasteiger charge is 2.31. The predicted molar refractivity (Wildman–Crippen MR) is 87.7 cm³/mol. The lowest BCUT2D eigenvalue weighted by Crippen LogP contribution is -2.34. The molecule has 3 nitrogen and oxygen atoms in total. The Morgan fingerprint density at radius 1 is 1.24 bits per heavy atom. The zero-order chi connectivity index (χ0) is 18.0. The number of alkyl halides is 3. The molecule has 1 heterocycles. The van der Waals surface area contributed by atoms with Gasteiger partial charge in [0.15, 0.2) is 0 Å². The Kier molecular flexibility index (Phi) is 4.70. The summed E-state index contributed by atoms with van der Waals surface area (Å²) in [6.07, 6.45) is -3.00. The van der Waals surface area contributed by atoms with E-state index in [2.05, 4.69) is 11.4 Å². The Morgan fingerprint density at radius 3 is 2.80 bits per heavy atom. The van der Waals surface area contributed by atoms with E-state index in [4.69, 9.17) is 4.74 Å². The lowest BCUT2D eigenvalue weighted by atomic mass is 10.0. The number of hydrogen-bond acceptors (Lipinski definition) is 2. The number of benzene rings is 2. The van der Waals surface area contributed by atoms with Gasteiger partial charge >= 0.3 is 6.18 Å². The van der Waals surface area contributed by atoms with Gasteiger partial charge in [0, 0.05) is 18.0 Å². The quantitative estimate of drug-likeness (QED) is 0.906. The summed E-state index contributed by atoms with van der Waals surface area (Å²) in [6.45, 7) is 2.51. The molecule has 6 heteroatoms. The van der Waals surface area contributed by atoms with Crippen LogP contribution >= 0.6 is 0 Å². The molecule has 132 valence electrons. The van der Waals surface area contributed by atoms with Crippen molar-refractivity contribution >= 4 is 5.91 Å². The van der Waals surface area contributed by atoms with E-state index in [9.17, 15) is 18.0 Å². The molecule has 1 aliphatic heterocycles. The molecular formula is C19H18F3NO2. The van der Waals surface area contributed by atoms with Crippen LogP contribution in [0.2, 0.25) is 0 Å². The molecule has 0 aliphatic carbocycles. The lowest BCUT2D eigenvalue weighted by molar-refractivity contribution is -0.137. The zero-order valence-electron chi connectivity index (χ0n) is 13.7. The maximum atomic E-state index is 12.7. The van der Waals surface area contributed by atoms with Crippen LogP contribution in [0, 0.1) is 0 Å². The second-order valence-electron chi connectivity index (χ2n) is 6.20. The topological polar surface area (TPSA) is 38.3 Å². The molecule has 0 saturated carbocycles. The van der Waals surface area contributed by atoms with Gasteiger partial charge in [-0.15, -0.1) is 0 Å². The fraction of sp³-hybridized carbons (Fsp3) is 0.316. The molecule has 1 atom stereocenters. The van der Waals surface area contributed by atoms with E-state index in [0.29, 0.717) is 13.0 Å².